The van der Waals surface area contributed by atoms with Crippen LogP contribution < -0.4 is 0 Å². The van der Waals surface area contributed by atoms with Gasteiger partial charge in [-0.15, -0.1) is 0 Å². The maximum atomic E-state index is 4.69. The van der Waals surface area contributed by atoms with Gasteiger partial charge in [0.15, 0.2) is 0 Å². The highest BCUT2D eigenvalue weighted by atomic mass is 14.9. The molecular weight excluding hydrogens is 322 g/mol. The highest BCUT2D eigenvalue weighted by Crippen LogP contribution is 2.27. The zero-order valence-electron chi connectivity index (χ0n) is 14.5. The maximum Gasteiger partial charge on any atom is 0.140 e. The molecule has 0 saturated carbocycles. The molecule has 2 N–H and O–H groups in total. The molecule has 5 aromatic rings. The zero-order chi connectivity index (χ0) is 17.7. The molecule has 0 atom stereocenters. The largest absolute Gasteiger partial charge is 0.342 e. The summed E-state index contributed by atoms with van der Waals surface area (Å²) in [6, 6.07) is 16.6. The third kappa shape index (κ3) is 2.45. The fraction of sp³-hybridized carbons (Fsp3) is 0.0952. The Labute approximate surface area is 150 Å². The van der Waals surface area contributed by atoms with Crippen molar-refractivity contribution in [3.63, 3.8) is 0 Å². The van der Waals surface area contributed by atoms with Crippen LogP contribution in [0.4, 0.5) is 0 Å². The SMILES string of the molecule is Cc1ccc(-c2nc3ccc(-c4ccc5nc(C)[nH]c5c4)cc3[nH]2)cn1. The average molecular weight is 339 g/mol. The Morgan fingerprint density at radius 1 is 0.692 bits per heavy atom. The van der Waals surface area contributed by atoms with Gasteiger partial charge in [-0.2, -0.15) is 0 Å². The molecule has 3 heterocycles. The number of benzene rings is 2. The van der Waals surface area contributed by atoms with Gasteiger partial charge in [-0.3, -0.25) is 4.98 Å². The third-order valence-electron chi connectivity index (χ3n) is 4.60. The Bertz CT molecular complexity index is 1240. The van der Waals surface area contributed by atoms with Crippen LogP contribution in [0.15, 0.2) is 54.7 Å². The van der Waals surface area contributed by atoms with Crippen LogP contribution in [-0.2, 0) is 0 Å². The molecule has 0 amide bonds. The van der Waals surface area contributed by atoms with Crippen LogP contribution in [0.3, 0.4) is 0 Å². The Balaban J connectivity index is 1.59. The summed E-state index contributed by atoms with van der Waals surface area (Å²) in [7, 11) is 0. The van der Waals surface area contributed by atoms with E-state index < -0.39 is 0 Å². The molecule has 0 radical (unpaired) electrons. The summed E-state index contributed by atoms with van der Waals surface area (Å²) in [5.74, 6) is 1.77. The molecule has 5 nitrogen and oxygen atoms in total. The smallest absolute Gasteiger partial charge is 0.140 e. The minimum atomic E-state index is 0.837. The van der Waals surface area contributed by atoms with Gasteiger partial charge in [-0.1, -0.05) is 12.1 Å². The normalized spacial score (nSPS) is 11.5. The van der Waals surface area contributed by atoms with Crippen LogP contribution in [0.5, 0.6) is 0 Å². The van der Waals surface area contributed by atoms with Crippen LogP contribution in [-0.4, -0.2) is 24.9 Å². The number of rotatable bonds is 2. The number of nitrogens with one attached hydrogen (secondary N) is 2. The molecule has 0 saturated heterocycles. The van der Waals surface area contributed by atoms with Gasteiger partial charge in [0.25, 0.3) is 0 Å². The first-order valence-electron chi connectivity index (χ1n) is 8.55. The minimum Gasteiger partial charge on any atom is -0.342 e. The number of fused-ring (bicyclic) bond motifs is 2. The van der Waals surface area contributed by atoms with Crippen molar-refractivity contribution < 1.29 is 0 Å². The van der Waals surface area contributed by atoms with Crippen molar-refractivity contribution in [1.82, 2.24) is 24.9 Å². The quantitative estimate of drug-likeness (QED) is 0.486. The predicted octanol–water partition coefficient (Wildman–Crippen LogP) is 4.79. The number of hydrogen-bond acceptors (Lipinski definition) is 3. The summed E-state index contributed by atoms with van der Waals surface area (Å²) in [6.07, 6.45) is 1.85. The van der Waals surface area contributed by atoms with E-state index in [1.807, 2.05) is 32.2 Å². The number of pyridine rings is 1. The summed E-state index contributed by atoms with van der Waals surface area (Å²) < 4.78 is 0. The number of aromatic nitrogens is 5. The van der Waals surface area contributed by atoms with E-state index in [4.69, 9.17) is 0 Å². The fourth-order valence-electron chi connectivity index (χ4n) is 3.25. The molecule has 0 aliphatic rings. The lowest BCUT2D eigenvalue weighted by molar-refractivity contribution is 1.17. The highest BCUT2D eigenvalue weighted by Gasteiger charge is 2.08. The van der Waals surface area contributed by atoms with Crippen LogP contribution in [0.2, 0.25) is 0 Å². The van der Waals surface area contributed by atoms with Crippen LogP contribution >= 0.6 is 0 Å². The second-order valence-corrected chi connectivity index (χ2v) is 6.56. The molecule has 3 aromatic heterocycles. The Kier molecular flexibility index (Phi) is 3.15. The van der Waals surface area contributed by atoms with Gasteiger partial charge in [-0.05, 0) is 61.4 Å². The number of aromatic amines is 2. The highest BCUT2D eigenvalue weighted by molar-refractivity contribution is 5.87. The molecule has 5 heteroatoms. The second-order valence-electron chi connectivity index (χ2n) is 6.56. The predicted molar refractivity (Wildman–Crippen MR) is 104 cm³/mol. The molecule has 0 bridgehead atoms. The average Bonchev–Trinajstić information content (AvgIpc) is 3.23. The van der Waals surface area contributed by atoms with E-state index in [0.717, 1.165) is 56.1 Å². The standard InChI is InChI=1S/C21H17N5/c1-12-3-4-16(11-22-12)21-25-18-8-6-15(10-20(18)26-21)14-5-7-17-19(9-14)24-13(2)23-17/h3-11H,1-2H3,(H,23,24)(H,25,26). The number of aryl methyl sites for hydroxylation is 2. The first kappa shape index (κ1) is 14.8. The Hall–Kier alpha value is -3.47. The van der Waals surface area contributed by atoms with Crippen LogP contribution in [0.1, 0.15) is 11.5 Å². The molecule has 0 aliphatic carbocycles. The van der Waals surface area contributed by atoms with E-state index in [1.54, 1.807) is 0 Å². The fourth-order valence-corrected chi connectivity index (χ4v) is 3.25. The van der Waals surface area contributed by atoms with E-state index in [-0.39, 0.29) is 0 Å². The van der Waals surface area contributed by atoms with Gasteiger partial charge in [0.05, 0.1) is 22.1 Å². The Morgan fingerprint density at radius 2 is 1.35 bits per heavy atom. The number of nitrogens with zero attached hydrogens (tertiary/aromatic N) is 3. The van der Waals surface area contributed by atoms with Crippen molar-refractivity contribution in [3.8, 4) is 22.5 Å². The lowest BCUT2D eigenvalue weighted by atomic mass is 10.0. The lowest BCUT2D eigenvalue weighted by Gasteiger charge is -2.01. The van der Waals surface area contributed by atoms with Gasteiger partial charge in [0, 0.05) is 17.5 Å². The first-order chi connectivity index (χ1) is 12.7. The summed E-state index contributed by atoms with van der Waals surface area (Å²) in [4.78, 5) is 20.2. The maximum absolute atomic E-state index is 4.69. The molecular formula is C21H17N5. The van der Waals surface area contributed by atoms with Gasteiger partial charge in [0.2, 0.25) is 0 Å². The van der Waals surface area contributed by atoms with E-state index >= 15 is 0 Å². The van der Waals surface area contributed by atoms with Gasteiger partial charge in [-0.25, -0.2) is 9.97 Å². The van der Waals surface area contributed by atoms with Crippen molar-refractivity contribution >= 4 is 22.1 Å². The Morgan fingerprint density at radius 3 is 2.04 bits per heavy atom. The molecule has 2 aromatic carbocycles. The molecule has 0 aliphatic heterocycles. The molecule has 126 valence electrons. The van der Waals surface area contributed by atoms with E-state index in [9.17, 15) is 0 Å². The summed E-state index contributed by atoms with van der Waals surface area (Å²) in [5.41, 5.74) is 8.28. The van der Waals surface area contributed by atoms with Crippen molar-refractivity contribution in [1.29, 1.82) is 0 Å². The van der Waals surface area contributed by atoms with Gasteiger partial charge >= 0.3 is 0 Å². The molecule has 0 fully saturated rings. The van der Waals surface area contributed by atoms with Gasteiger partial charge < -0.3 is 9.97 Å². The van der Waals surface area contributed by atoms with Crippen molar-refractivity contribution in [2.45, 2.75) is 13.8 Å². The van der Waals surface area contributed by atoms with Gasteiger partial charge in [0.1, 0.15) is 11.6 Å². The lowest BCUT2D eigenvalue weighted by Crippen LogP contribution is -1.84. The number of imidazole rings is 2. The zero-order valence-corrected chi connectivity index (χ0v) is 14.5. The molecule has 5 rings (SSSR count). The monoisotopic (exact) mass is 339 g/mol. The van der Waals surface area contributed by atoms with E-state index in [0.29, 0.717) is 0 Å². The first-order valence-corrected chi connectivity index (χ1v) is 8.55. The summed E-state index contributed by atoms with van der Waals surface area (Å²) in [6.45, 7) is 3.95. The minimum absolute atomic E-state index is 0.837. The molecule has 0 unspecified atom stereocenters. The number of H-pyrrole nitrogens is 2. The van der Waals surface area contributed by atoms with Crippen molar-refractivity contribution in [2.75, 3.05) is 0 Å². The molecule has 0 spiro atoms. The van der Waals surface area contributed by atoms with Crippen LogP contribution in [0, 0.1) is 13.8 Å². The summed E-state index contributed by atoms with van der Waals surface area (Å²) >= 11 is 0. The van der Waals surface area contributed by atoms with E-state index in [1.165, 1.54) is 0 Å². The van der Waals surface area contributed by atoms with Crippen molar-refractivity contribution in [3.05, 3.63) is 66.2 Å². The van der Waals surface area contributed by atoms with Crippen LogP contribution in [0.25, 0.3) is 44.6 Å². The van der Waals surface area contributed by atoms with Crippen molar-refractivity contribution in [2.24, 2.45) is 0 Å². The second kappa shape index (κ2) is 5.52. The third-order valence-corrected chi connectivity index (χ3v) is 4.60. The number of hydrogen-bond donors (Lipinski definition) is 2. The van der Waals surface area contributed by atoms with E-state index in [2.05, 4.69) is 61.3 Å². The molecule has 26 heavy (non-hydrogen) atoms. The topological polar surface area (TPSA) is 70.2 Å². The summed E-state index contributed by atoms with van der Waals surface area (Å²) in [5, 5.41) is 0.